The van der Waals surface area contributed by atoms with E-state index in [2.05, 4.69) is 17.1 Å². The van der Waals surface area contributed by atoms with Gasteiger partial charge in [-0.2, -0.15) is 0 Å². The first-order valence-electron chi connectivity index (χ1n) is 7.50. The highest BCUT2D eigenvalue weighted by Crippen LogP contribution is 2.31. The molecular formula is C16H25N3O. The zero-order chi connectivity index (χ0) is 14.5. The Labute approximate surface area is 121 Å². The summed E-state index contributed by atoms with van der Waals surface area (Å²) in [6.45, 7) is 5.55. The number of benzene rings is 1. The van der Waals surface area contributed by atoms with Crippen LogP contribution in [0.5, 0.6) is 0 Å². The van der Waals surface area contributed by atoms with Gasteiger partial charge in [-0.15, -0.1) is 0 Å². The molecular weight excluding hydrogens is 250 g/mol. The van der Waals surface area contributed by atoms with Gasteiger partial charge in [0.05, 0.1) is 6.04 Å². The Morgan fingerprint density at radius 3 is 2.75 bits per heavy atom. The van der Waals surface area contributed by atoms with Crippen LogP contribution in [0, 0.1) is 0 Å². The van der Waals surface area contributed by atoms with Gasteiger partial charge in [-0.25, -0.2) is 0 Å². The van der Waals surface area contributed by atoms with Crippen molar-refractivity contribution in [3.8, 4) is 0 Å². The summed E-state index contributed by atoms with van der Waals surface area (Å²) in [6, 6.07) is 8.32. The molecule has 4 heteroatoms. The van der Waals surface area contributed by atoms with Gasteiger partial charge in [0.2, 0.25) is 5.91 Å². The van der Waals surface area contributed by atoms with E-state index in [0.717, 1.165) is 30.8 Å². The van der Waals surface area contributed by atoms with E-state index in [4.69, 9.17) is 5.73 Å². The lowest BCUT2D eigenvalue weighted by molar-refractivity contribution is -0.126. The summed E-state index contributed by atoms with van der Waals surface area (Å²) in [7, 11) is 0. The highest BCUT2D eigenvalue weighted by atomic mass is 16.2. The summed E-state index contributed by atoms with van der Waals surface area (Å²) in [5, 5.41) is 2.98. The van der Waals surface area contributed by atoms with Crippen molar-refractivity contribution in [3.05, 3.63) is 29.8 Å². The van der Waals surface area contributed by atoms with E-state index in [9.17, 15) is 4.79 Å². The van der Waals surface area contributed by atoms with Crippen molar-refractivity contribution in [1.82, 2.24) is 10.2 Å². The minimum absolute atomic E-state index is 0.103. The van der Waals surface area contributed by atoms with Crippen molar-refractivity contribution in [3.63, 3.8) is 0 Å². The van der Waals surface area contributed by atoms with Gasteiger partial charge in [0.15, 0.2) is 0 Å². The average Bonchev–Trinajstić information content (AvgIpc) is 3.27. The Morgan fingerprint density at radius 2 is 2.15 bits per heavy atom. The van der Waals surface area contributed by atoms with E-state index in [0.29, 0.717) is 6.04 Å². The molecule has 1 unspecified atom stereocenters. The van der Waals surface area contributed by atoms with Crippen LogP contribution in [0.4, 0.5) is 5.69 Å². The lowest BCUT2D eigenvalue weighted by atomic mass is 10.1. The number of para-hydroxylation sites is 1. The Morgan fingerprint density at radius 1 is 1.45 bits per heavy atom. The maximum Gasteiger partial charge on any atom is 0.237 e. The molecule has 0 aromatic heterocycles. The lowest BCUT2D eigenvalue weighted by Gasteiger charge is -2.28. The average molecular weight is 275 g/mol. The van der Waals surface area contributed by atoms with E-state index in [-0.39, 0.29) is 11.9 Å². The molecule has 1 aliphatic carbocycles. The van der Waals surface area contributed by atoms with Gasteiger partial charge in [-0.1, -0.05) is 25.1 Å². The quantitative estimate of drug-likeness (QED) is 0.750. The van der Waals surface area contributed by atoms with Crippen LogP contribution in [0.25, 0.3) is 0 Å². The van der Waals surface area contributed by atoms with Crippen LogP contribution in [-0.4, -0.2) is 29.4 Å². The number of rotatable bonds is 7. The van der Waals surface area contributed by atoms with Gasteiger partial charge in [-0.3, -0.25) is 9.69 Å². The van der Waals surface area contributed by atoms with Crippen molar-refractivity contribution in [2.24, 2.45) is 0 Å². The zero-order valence-corrected chi connectivity index (χ0v) is 12.4. The number of hydrogen-bond donors (Lipinski definition) is 2. The van der Waals surface area contributed by atoms with Crippen LogP contribution >= 0.6 is 0 Å². The van der Waals surface area contributed by atoms with Crippen LogP contribution in [0.2, 0.25) is 0 Å². The molecule has 1 atom stereocenters. The van der Waals surface area contributed by atoms with Crippen molar-refractivity contribution in [2.45, 2.75) is 51.7 Å². The summed E-state index contributed by atoms with van der Waals surface area (Å²) in [5.74, 6) is 0.119. The first kappa shape index (κ1) is 14.9. The fourth-order valence-electron chi connectivity index (χ4n) is 2.41. The molecule has 0 radical (unpaired) electrons. The summed E-state index contributed by atoms with van der Waals surface area (Å²) >= 11 is 0. The molecule has 1 aromatic rings. The first-order chi connectivity index (χ1) is 9.63. The predicted molar refractivity (Wildman–Crippen MR) is 82.2 cm³/mol. The molecule has 1 fully saturated rings. The van der Waals surface area contributed by atoms with Crippen LogP contribution in [0.3, 0.4) is 0 Å². The summed E-state index contributed by atoms with van der Waals surface area (Å²) in [5.41, 5.74) is 7.93. The van der Waals surface area contributed by atoms with Crippen LogP contribution in [0.1, 0.15) is 38.7 Å². The minimum Gasteiger partial charge on any atom is -0.398 e. The zero-order valence-electron chi connectivity index (χ0n) is 12.4. The normalized spacial score (nSPS) is 16.1. The van der Waals surface area contributed by atoms with Gasteiger partial charge in [0.25, 0.3) is 0 Å². The lowest BCUT2D eigenvalue weighted by Crippen LogP contribution is -2.46. The number of nitrogens with two attached hydrogens (primary N) is 1. The van der Waals surface area contributed by atoms with Gasteiger partial charge in [0.1, 0.15) is 0 Å². The number of hydrogen-bond acceptors (Lipinski definition) is 3. The second kappa shape index (κ2) is 6.75. The summed E-state index contributed by atoms with van der Waals surface area (Å²) < 4.78 is 0. The molecule has 4 nitrogen and oxygen atoms in total. The summed E-state index contributed by atoms with van der Waals surface area (Å²) in [4.78, 5) is 14.4. The molecule has 20 heavy (non-hydrogen) atoms. The number of amides is 1. The third kappa shape index (κ3) is 3.73. The predicted octanol–water partition coefficient (Wildman–Crippen LogP) is 2.15. The van der Waals surface area contributed by atoms with Gasteiger partial charge >= 0.3 is 0 Å². The van der Waals surface area contributed by atoms with Crippen LogP contribution < -0.4 is 11.1 Å². The van der Waals surface area contributed by atoms with Crippen molar-refractivity contribution in [1.29, 1.82) is 0 Å². The third-order valence-electron chi connectivity index (χ3n) is 3.85. The fourth-order valence-corrected chi connectivity index (χ4v) is 2.41. The first-order valence-corrected chi connectivity index (χ1v) is 7.50. The van der Waals surface area contributed by atoms with E-state index >= 15 is 0 Å². The SMILES string of the molecule is CCCNC(=O)C(C)N(Cc1ccccc1N)C1CC1. The molecule has 1 amide bonds. The Hall–Kier alpha value is -1.55. The highest BCUT2D eigenvalue weighted by molar-refractivity contribution is 5.81. The molecule has 110 valence electrons. The number of carbonyl (C=O) groups is 1. The van der Waals surface area contributed by atoms with Crippen LogP contribution in [0.15, 0.2) is 24.3 Å². The Balaban J connectivity index is 2.04. The van der Waals surface area contributed by atoms with E-state index < -0.39 is 0 Å². The van der Waals surface area contributed by atoms with Gasteiger partial charge in [-0.05, 0) is 37.8 Å². The van der Waals surface area contributed by atoms with Gasteiger partial charge in [0, 0.05) is 24.8 Å². The molecule has 1 aromatic carbocycles. The number of nitrogens with one attached hydrogen (secondary N) is 1. The topological polar surface area (TPSA) is 58.4 Å². The number of nitrogen functional groups attached to an aromatic ring is 1. The van der Waals surface area contributed by atoms with Gasteiger partial charge < -0.3 is 11.1 Å². The second-order valence-electron chi connectivity index (χ2n) is 5.57. The number of anilines is 1. The van der Waals surface area contributed by atoms with Crippen molar-refractivity contribution >= 4 is 11.6 Å². The monoisotopic (exact) mass is 275 g/mol. The maximum absolute atomic E-state index is 12.2. The molecule has 0 aliphatic heterocycles. The van der Waals surface area contributed by atoms with E-state index in [1.54, 1.807) is 0 Å². The molecule has 2 rings (SSSR count). The molecule has 1 saturated carbocycles. The minimum atomic E-state index is -0.103. The second-order valence-corrected chi connectivity index (χ2v) is 5.57. The van der Waals surface area contributed by atoms with Crippen LogP contribution in [-0.2, 0) is 11.3 Å². The molecule has 1 aliphatic rings. The standard InChI is InChI=1S/C16H25N3O/c1-3-10-18-16(20)12(2)19(14-8-9-14)11-13-6-4-5-7-15(13)17/h4-7,12,14H,3,8-11,17H2,1-2H3,(H,18,20). The third-order valence-corrected chi connectivity index (χ3v) is 3.85. The number of nitrogens with zero attached hydrogens (tertiary/aromatic N) is 1. The van der Waals surface area contributed by atoms with Crippen molar-refractivity contribution < 1.29 is 4.79 Å². The molecule has 0 heterocycles. The smallest absolute Gasteiger partial charge is 0.237 e. The Bertz CT molecular complexity index is 457. The highest BCUT2D eigenvalue weighted by Gasteiger charge is 2.35. The molecule has 3 N–H and O–H groups in total. The fraction of sp³-hybridized carbons (Fsp3) is 0.562. The van der Waals surface area contributed by atoms with Crippen molar-refractivity contribution in [2.75, 3.05) is 12.3 Å². The van der Waals surface area contributed by atoms with E-state index in [1.165, 1.54) is 12.8 Å². The Kier molecular flexibility index (Phi) is 5.01. The molecule has 0 bridgehead atoms. The molecule has 0 saturated heterocycles. The molecule has 0 spiro atoms. The largest absolute Gasteiger partial charge is 0.398 e. The maximum atomic E-state index is 12.2. The summed E-state index contributed by atoms with van der Waals surface area (Å²) in [6.07, 6.45) is 3.32. The van der Waals surface area contributed by atoms with E-state index in [1.807, 2.05) is 31.2 Å². The number of carbonyl (C=O) groups excluding carboxylic acids is 1.